The average Bonchev–Trinajstić information content (AvgIpc) is 2.97. The highest BCUT2D eigenvalue weighted by atomic mass is 16.3. The van der Waals surface area contributed by atoms with Gasteiger partial charge in [0.1, 0.15) is 11.7 Å². The number of aliphatic hydroxyl groups excluding tert-OH is 2. The average molecular weight is 482 g/mol. The van der Waals surface area contributed by atoms with Crippen LogP contribution in [-0.4, -0.2) is 50.5 Å². The van der Waals surface area contributed by atoms with Gasteiger partial charge in [0.2, 0.25) is 0 Å². The van der Waals surface area contributed by atoms with Crippen molar-refractivity contribution < 1.29 is 20.1 Å². The zero-order valence-corrected chi connectivity index (χ0v) is 21.1. The Bertz CT molecular complexity index is 1080. The Morgan fingerprint density at radius 2 is 1.91 bits per heavy atom. The minimum absolute atomic E-state index is 0.131. The van der Waals surface area contributed by atoms with Gasteiger partial charge in [0.05, 0.1) is 18.1 Å². The molecule has 0 amide bonds. The third kappa shape index (κ3) is 3.76. The molecule has 1 spiro atoms. The number of aliphatic hydroxyl groups is 3. The Balaban J connectivity index is 1.81. The molecule has 7 nitrogen and oxygen atoms in total. The molecule has 1 aromatic rings. The van der Waals surface area contributed by atoms with Gasteiger partial charge in [-0.25, -0.2) is 5.84 Å². The van der Waals surface area contributed by atoms with Crippen LogP contribution >= 0.6 is 0 Å². The van der Waals surface area contributed by atoms with Crippen LogP contribution in [0.15, 0.2) is 65.5 Å². The van der Waals surface area contributed by atoms with Crippen molar-refractivity contribution in [1.29, 1.82) is 0 Å². The molecule has 0 heterocycles. The van der Waals surface area contributed by atoms with E-state index in [0.717, 1.165) is 5.56 Å². The highest BCUT2D eigenvalue weighted by Crippen LogP contribution is 2.60. The van der Waals surface area contributed by atoms with E-state index in [4.69, 9.17) is 11.6 Å². The van der Waals surface area contributed by atoms with Crippen molar-refractivity contribution in [1.82, 2.24) is 5.01 Å². The third-order valence-electron chi connectivity index (χ3n) is 9.00. The summed E-state index contributed by atoms with van der Waals surface area (Å²) in [4.78, 5) is 14.3. The van der Waals surface area contributed by atoms with Gasteiger partial charge in [-0.15, -0.1) is 0 Å². The maximum absolute atomic E-state index is 14.3. The van der Waals surface area contributed by atoms with Gasteiger partial charge in [0.25, 0.3) is 0 Å². The van der Waals surface area contributed by atoms with Gasteiger partial charge < -0.3 is 26.1 Å². The van der Waals surface area contributed by atoms with Crippen LogP contribution in [0.25, 0.3) is 0 Å². The number of nitrogens with zero attached hydrogens (tertiary/aromatic N) is 1. The van der Waals surface area contributed by atoms with Gasteiger partial charge >= 0.3 is 0 Å². The fourth-order valence-electron chi connectivity index (χ4n) is 6.59. The predicted molar refractivity (Wildman–Crippen MR) is 135 cm³/mol. The lowest BCUT2D eigenvalue weighted by Gasteiger charge is -2.48. The van der Waals surface area contributed by atoms with Crippen molar-refractivity contribution in [2.24, 2.45) is 34.2 Å². The number of carbonyl (C=O) groups is 1. The van der Waals surface area contributed by atoms with Crippen molar-refractivity contribution in [3.8, 4) is 0 Å². The molecule has 1 saturated carbocycles. The topological polar surface area (TPSA) is 133 Å². The van der Waals surface area contributed by atoms with E-state index >= 15 is 0 Å². The second kappa shape index (κ2) is 8.89. The first-order valence-corrected chi connectivity index (χ1v) is 12.4. The number of hydrazine groups is 1. The highest BCUT2D eigenvalue weighted by molar-refractivity contribution is 5.94. The molecular formula is C28H39N3O4. The second-order valence-electron chi connectivity index (χ2n) is 11.3. The monoisotopic (exact) mass is 481 g/mol. The maximum Gasteiger partial charge on any atom is 0.153 e. The van der Waals surface area contributed by atoms with E-state index in [1.54, 1.807) is 12.3 Å². The van der Waals surface area contributed by atoms with Gasteiger partial charge in [-0.1, -0.05) is 63.3 Å². The van der Waals surface area contributed by atoms with Gasteiger partial charge in [-0.05, 0) is 47.8 Å². The van der Waals surface area contributed by atoms with Gasteiger partial charge in [0, 0.05) is 24.2 Å². The summed E-state index contributed by atoms with van der Waals surface area (Å²) in [5.41, 5.74) is 5.05. The molecule has 0 saturated heterocycles. The summed E-state index contributed by atoms with van der Waals surface area (Å²) in [5.74, 6) is 6.02. The van der Waals surface area contributed by atoms with Crippen molar-refractivity contribution in [2.75, 3.05) is 6.61 Å². The molecule has 6 unspecified atom stereocenters. The smallest absolute Gasteiger partial charge is 0.153 e. The van der Waals surface area contributed by atoms with Crippen LogP contribution in [0, 0.1) is 22.7 Å². The Morgan fingerprint density at radius 3 is 2.54 bits per heavy atom. The molecule has 3 aliphatic rings. The Labute approximate surface area is 207 Å². The number of benzene rings is 1. The Kier molecular flexibility index (Phi) is 6.51. The minimum atomic E-state index is -1.96. The molecule has 7 N–H and O–H groups in total. The lowest BCUT2D eigenvalue weighted by molar-refractivity contribution is -0.169. The SMILES string of the molecule is CC1=CC23CCC(C)C(C)(C)C(C=C(CO)C(O)C2(O)C1N(N)/C=C(\N)Cc1ccccc1)C3=O. The largest absolute Gasteiger partial charge is 0.401 e. The number of fused-ring (bicyclic) bond motifs is 1. The minimum Gasteiger partial charge on any atom is -0.401 e. The van der Waals surface area contributed by atoms with E-state index in [9.17, 15) is 20.1 Å². The van der Waals surface area contributed by atoms with Gasteiger partial charge in [-0.2, -0.15) is 0 Å². The molecule has 7 heteroatoms. The zero-order valence-electron chi connectivity index (χ0n) is 21.1. The van der Waals surface area contributed by atoms with E-state index in [-0.39, 0.29) is 17.3 Å². The third-order valence-corrected chi connectivity index (χ3v) is 9.00. The number of Topliss-reactive ketones (excluding diaryl/α,β-unsaturated/α-hetero) is 1. The van der Waals surface area contributed by atoms with E-state index in [2.05, 4.69) is 6.92 Å². The number of ketones is 1. The van der Waals surface area contributed by atoms with Crippen LogP contribution < -0.4 is 11.6 Å². The summed E-state index contributed by atoms with van der Waals surface area (Å²) < 4.78 is 0. The molecule has 0 radical (unpaired) electrons. The summed E-state index contributed by atoms with van der Waals surface area (Å²) in [5, 5.41) is 35.5. The number of carbonyl (C=O) groups excluding carboxylic acids is 1. The first kappa shape index (κ1) is 25.6. The van der Waals surface area contributed by atoms with Crippen molar-refractivity contribution in [3.05, 3.63) is 71.1 Å². The fraction of sp³-hybridized carbons (Fsp3) is 0.536. The fourth-order valence-corrected chi connectivity index (χ4v) is 6.59. The highest BCUT2D eigenvalue weighted by Gasteiger charge is 2.70. The number of allylic oxidation sites excluding steroid dienone is 2. The van der Waals surface area contributed by atoms with Crippen LogP contribution in [-0.2, 0) is 11.2 Å². The van der Waals surface area contributed by atoms with Crippen LogP contribution in [0.5, 0.6) is 0 Å². The second-order valence-corrected chi connectivity index (χ2v) is 11.3. The number of hydrogen-bond acceptors (Lipinski definition) is 7. The molecule has 1 fully saturated rings. The van der Waals surface area contributed by atoms with Crippen molar-refractivity contribution >= 4 is 5.78 Å². The zero-order chi connectivity index (χ0) is 25.8. The lowest BCUT2D eigenvalue weighted by Crippen LogP contribution is -2.67. The van der Waals surface area contributed by atoms with Crippen LogP contribution in [0.4, 0.5) is 0 Å². The number of nitrogens with two attached hydrogens (primary N) is 2. The Morgan fingerprint density at radius 1 is 1.26 bits per heavy atom. The molecule has 1 aromatic carbocycles. The van der Waals surface area contributed by atoms with Gasteiger partial charge in [-0.3, -0.25) is 4.79 Å². The summed E-state index contributed by atoms with van der Waals surface area (Å²) in [6.07, 6.45) is 5.16. The normalized spacial score (nSPS) is 36.6. The summed E-state index contributed by atoms with van der Waals surface area (Å²) >= 11 is 0. The molecule has 2 bridgehead atoms. The molecule has 0 aromatic heterocycles. The van der Waals surface area contributed by atoms with E-state index < -0.39 is 41.1 Å². The number of rotatable bonds is 5. The molecular weight excluding hydrogens is 442 g/mol. The van der Waals surface area contributed by atoms with Crippen LogP contribution in [0.1, 0.15) is 46.1 Å². The summed E-state index contributed by atoms with van der Waals surface area (Å²) in [6, 6.07) is 8.82. The van der Waals surface area contributed by atoms with Crippen molar-refractivity contribution in [2.45, 2.75) is 64.7 Å². The number of hydrogen-bond donors (Lipinski definition) is 5. The van der Waals surface area contributed by atoms with E-state index in [1.807, 2.05) is 57.2 Å². The first-order valence-electron chi connectivity index (χ1n) is 12.4. The predicted octanol–water partition coefficient (Wildman–Crippen LogP) is 2.19. The molecule has 0 aliphatic heterocycles. The summed E-state index contributed by atoms with van der Waals surface area (Å²) in [7, 11) is 0. The lowest BCUT2D eigenvalue weighted by atomic mass is 9.62. The quantitative estimate of drug-likeness (QED) is 0.247. The first-order chi connectivity index (χ1) is 16.4. The van der Waals surface area contributed by atoms with Crippen LogP contribution in [0.3, 0.4) is 0 Å². The maximum atomic E-state index is 14.3. The van der Waals surface area contributed by atoms with Crippen LogP contribution in [0.2, 0.25) is 0 Å². The molecule has 6 atom stereocenters. The molecule has 35 heavy (non-hydrogen) atoms. The standard InChI is InChI=1S/C28H39N3O4/c1-17-14-27-11-10-18(2)26(3,4)22(25(27)34)13-20(16-32)24(33)28(27,35)23(17)31(30)15-21(29)12-19-8-6-5-7-9-19/h5-9,13-15,18,22-24,32-33,35H,10-12,16,29-30H2,1-4H3/b21-15-. The molecule has 3 aliphatic carbocycles. The summed E-state index contributed by atoms with van der Waals surface area (Å²) in [6.45, 7) is 7.58. The van der Waals surface area contributed by atoms with Crippen molar-refractivity contribution in [3.63, 3.8) is 0 Å². The Hall–Kier alpha value is -2.45. The van der Waals surface area contributed by atoms with E-state index in [1.165, 1.54) is 5.01 Å². The van der Waals surface area contributed by atoms with Gasteiger partial charge in [0.15, 0.2) is 5.78 Å². The van der Waals surface area contributed by atoms with E-state index in [0.29, 0.717) is 30.5 Å². The molecule has 4 rings (SSSR count). The molecule has 190 valence electrons.